The van der Waals surface area contributed by atoms with E-state index in [1.807, 2.05) is 30.3 Å². The van der Waals surface area contributed by atoms with E-state index in [1.165, 1.54) is 14.2 Å². The van der Waals surface area contributed by atoms with Gasteiger partial charge in [-0.1, -0.05) is 42.5 Å². The summed E-state index contributed by atoms with van der Waals surface area (Å²) in [4.78, 5) is 18.4. The highest BCUT2D eigenvalue weighted by atomic mass is 19.1. The zero-order chi connectivity index (χ0) is 24.8. The van der Waals surface area contributed by atoms with Crippen LogP contribution in [0, 0.1) is 11.6 Å². The summed E-state index contributed by atoms with van der Waals surface area (Å²) in [6.07, 6.45) is 8.67. The summed E-state index contributed by atoms with van der Waals surface area (Å²) in [5.41, 5.74) is -0.874. The summed E-state index contributed by atoms with van der Waals surface area (Å²) < 4.78 is 34.9. The minimum absolute atomic E-state index is 0.161. The summed E-state index contributed by atoms with van der Waals surface area (Å²) >= 11 is 0. The smallest absolute Gasteiger partial charge is 0.368 e. The van der Waals surface area contributed by atoms with Gasteiger partial charge in [-0.2, -0.15) is 5.01 Å². The maximum absolute atomic E-state index is 14.7. The van der Waals surface area contributed by atoms with Crippen LogP contribution in [0.5, 0.6) is 0 Å². The number of halogens is 2. The van der Waals surface area contributed by atoms with E-state index in [4.69, 9.17) is 9.57 Å². The van der Waals surface area contributed by atoms with Crippen LogP contribution in [-0.2, 0) is 15.3 Å². The third-order valence-electron chi connectivity index (χ3n) is 6.26. The maximum atomic E-state index is 14.7. The number of amides is 2. The van der Waals surface area contributed by atoms with E-state index < -0.39 is 23.4 Å². The Balaban J connectivity index is 1.67. The van der Waals surface area contributed by atoms with Gasteiger partial charge in [0.25, 0.3) is 0 Å². The second-order valence-corrected chi connectivity index (χ2v) is 8.58. The fourth-order valence-electron chi connectivity index (χ4n) is 4.35. The third kappa shape index (κ3) is 5.36. The highest BCUT2D eigenvalue weighted by molar-refractivity contribution is 5.97. The van der Waals surface area contributed by atoms with Gasteiger partial charge in [-0.3, -0.25) is 4.84 Å². The van der Waals surface area contributed by atoms with Crippen molar-refractivity contribution in [3.05, 3.63) is 83.4 Å². The van der Waals surface area contributed by atoms with Crippen molar-refractivity contribution in [1.82, 2.24) is 15.4 Å². The van der Waals surface area contributed by atoms with Crippen LogP contribution in [0.15, 0.2) is 65.8 Å². The zero-order valence-electron chi connectivity index (χ0n) is 19.9. The third-order valence-corrected chi connectivity index (χ3v) is 6.26. The molecule has 2 aliphatic rings. The number of rotatable bonds is 8. The van der Waals surface area contributed by atoms with Crippen molar-refractivity contribution in [3.63, 3.8) is 0 Å². The second kappa shape index (κ2) is 11.0. The Labute approximate surface area is 204 Å². The molecule has 2 atom stereocenters. The summed E-state index contributed by atoms with van der Waals surface area (Å²) in [5.74, 6) is -1.51. The van der Waals surface area contributed by atoms with Gasteiger partial charge in [0.15, 0.2) is 0 Å². The van der Waals surface area contributed by atoms with Gasteiger partial charge >= 0.3 is 6.03 Å². The van der Waals surface area contributed by atoms with Crippen molar-refractivity contribution in [1.29, 1.82) is 0 Å². The molecular formula is C26H30F2N4O3. The molecule has 0 fully saturated rings. The minimum Gasteiger partial charge on any atom is -0.443 e. The first-order valence-electron chi connectivity index (χ1n) is 11.8. The van der Waals surface area contributed by atoms with Gasteiger partial charge in [0.2, 0.25) is 11.6 Å². The number of hydrogen-bond donors (Lipinski definition) is 1. The lowest BCUT2D eigenvalue weighted by molar-refractivity contribution is -0.113. The number of urea groups is 1. The van der Waals surface area contributed by atoms with E-state index in [0.717, 1.165) is 47.5 Å². The topological polar surface area (TPSA) is 66.4 Å². The SMILES string of the molecule is CON(C)C(=O)N1N=C(c2cc(F)ccc2F)OC1(CCCNC1C=CCCC1)c1ccccc1. The molecule has 0 saturated carbocycles. The molecule has 7 nitrogen and oxygen atoms in total. The van der Waals surface area contributed by atoms with Crippen LogP contribution in [0.2, 0.25) is 0 Å². The first kappa shape index (κ1) is 24.8. The standard InChI is InChI=1S/C26H30F2N4O3/c1-31(34-2)25(33)32-26(19-10-5-3-6-11-19,16-9-17-29-21-12-7-4-8-13-21)35-24(30-32)22-18-20(27)14-15-23(22)28/h3,5-7,10-12,14-15,18,21,29H,4,8-9,13,16-17H2,1-2H3. The molecule has 0 spiro atoms. The Hall–Kier alpha value is -3.30. The van der Waals surface area contributed by atoms with Crippen molar-refractivity contribution >= 4 is 11.9 Å². The first-order valence-corrected chi connectivity index (χ1v) is 11.8. The van der Waals surface area contributed by atoms with E-state index in [0.29, 0.717) is 31.0 Å². The molecule has 2 aromatic rings. The maximum Gasteiger partial charge on any atom is 0.368 e. The van der Waals surface area contributed by atoms with Crippen LogP contribution < -0.4 is 5.32 Å². The van der Waals surface area contributed by atoms with E-state index in [1.54, 1.807) is 0 Å². The van der Waals surface area contributed by atoms with Gasteiger partial charge < -0.3 is 10.1 Å². The highest BCUT2D eigenvalue weighted by Crippen LogP contribution is 2.41. The quantitative estimate of drug-likeness (QED) is 0.329. The molecule has 4 rings (SSSR count). The highest BCUT2D eigenvalue weighted by Gasteiger charge is 2.51. The van der Waals surface area contributed by atoms with Gasteiger partial charge in [-0.15, -0.1) is 5.10 Å². The monoisotopic (exact) mass is 484 g/mol. The summed E-state index contributed by atoms with van der Waals surface area (Å²) in [5, 5.41) is 10.0. The fourth-order valence-corrected chi connectivity index (χ4v) is 4.35. The number of allylic oxidation sites excluding steroid dienone is 1. The molecular weight excluding hydrogens is 454 g/mol. The number of carbonyl (C=O) groups excluding carboxylic acids is 1. The average molecular weight is 485 g/mol. The van der Waals surface area contributed by atoms with Crippen LogP contribution in [0.3, 0.4) is 0 Å². The van der Waals surface area contributed by atoms with Gasteiger partial charge in [-0.25, -0.2) is 18.6 Å². The normalized spacial score (nSPS) is 21.5. The van der Waals surface area contributed by atoms with Gasteiger partial charge in [0.05, 0.1) is 12.7 Å². The van der Waals surface area contributed by atoms with E-state index in [9.17, 15) is 13.6 Å². The Morgan fingerprint density at radius 2 is 2.09 bits per heavy atom. The summed E-state index contributed by atoms with van der Waals surface area (Å²) in [6.45, 7) is 0.679. The van der Waals surface area contributed by atoms with Gasteiger partial charge in [0, 0.05) is 25.1 Å². The van der Waals surface area contributed by atoms with E-state index >= 15 is 0 Å². The Bertz CT molecular complexity index is 1100. The van der Waals surface area contributed by atoms with Crippen LogP contribution >= 0.6 is 0 Å². The molecule has 0 radical (unpaired) electrons. The number of hydrazone groups is 1. The molecule has 0 saturated heterocycles. The largest absolute Gasteiger partial charge is 0.443 e. The van der Waals surface area contributed by atoms with E-state index in [-0.39, 0.29) is 11.5 Å². The second-order valence-electron chi connectivity index (χ2n) is 8.58. The number of nitrogens with zero attached hydrogens (tertiary/aromatic N) is 3. The average Bonchev–Trinajstić information content (AvgIpc) is 3.28. The van der Waals surface area contributed by atoms with Crippen molar-refractivity contribution < 1.29 is 23.1 Å². The molecule has 186 valence electrons. The molecule has 0 aromatic heterocycles. The lowest BCUT2D eigenvalue weighted by atomic mass is 9.96. The fraction of sp³-hybridized carbons (Fsp3) is 0.385. The summed E-state index contributed by atoms with van der Waals surface area (Å²) in [7, 11) is 2.81. The number of ether oxygens (including phenoxy) is 1. The lowest BCUT2D eigenvalue weighted by Crippen LogP contribution is -2.49. The predicted molar refractivity (Wildman–Crippen MR) is 128 cm³/mol. The lowest BCUT2D eigenvalue weighted by Gasteiger charge is -2.36. The molecule has 35 heavy (non-hydrogen) atoms. The number of benzene rings is 2. The number of hydrogen-bond acceptors (Lipinski definition) is 5. The molecule has 1 aliphatic heterocycles. The van der Waals surface area contributed by atoms with Crippen molar-refractivity contribution in [3.8, 4) is 0 Å². The molecule has 2 amide bonds. The van der Waals surface area contributed by atoms with Gasteiger partial charge in [0.1, 0.15) is 11.6 Å². The zero-order valence-corrected chi connectivity index (χ0v) is 19.9. The Morgan fingerprint density at radius 1 is 1.29 bits per heavy atom. The van der Waals surface area contributed by atoms with Crippen molar-refractivity contribution in [2.75, 3.05) is 20.7 Å². The van der Waals surface area contributed by atoms with Crippen LogP contribution in [0.25, 0.3) is 0 Å². The number of nitrogens with one attached hydrogen (secondary N) is 1. The molecule has 1 aliphatic carbocycles. The van der Waals surface area contributed by atoms with Crippen LogP contribution in [0.4, 0.5) is 13.6 Å². The molecule has 0 bridgehead atoms. The van der Waals surface area contributed by atoms with Crippen LogP contribution in [0.1, 0.15) is 43.2 Å². The summed E-state index contributed by atoms with van der Waals surface area (Å²) in [6, 6.07) is 11.9. The van der Waals surface area contributed by atoms with Crippen molar-refractivity contribution in [2.45, 2.75) is 43.9 Å². The molecule has 9 heteroatoms. The Morgan fingerprint density at radius 3 is 2.80 bits per heavy atom. The van der Waals surface area contributed by atoms with Crippen molar-refractivity contribution in [2.24, 2.45) is 5.10 Å². The molecule has 2 aromatic carbocycles. The number of carbonyl (C=O) groups is 1. The number of hydroxylamine groups is 2. The predicted octanol–water partition coefficient (Wildman–Crippen LogP) is 4.90. The first-order chi connectivity index (χ1) is 16.9. The molecule has 2 unspecified atom stereocenters. The molecule has 1 heterocycles. The minimum atomic E-state index is -1.37. The Kier molecular flexibility index (Phi) is 7.77. The van der Waals surface area contributed by atoms with Crippen LogP contribution in [-0.4, -0.2) is 48.7 Å². The van der Waals surface area contributed by atoms with E-state index in [2.05, 4.69) is 22.6 Å². The molecule has 1 N–H and O–H groups in total. The van der Waals surface area contributed by atoms with Gasteiger partial charge in [-0.05, 0) is 50.4 Å².